The number of aryl methyl sites for hydroxylation is 1. The fourth-order valence-corrected chi connectivity index (χ4v) is 3.35. The molecule has 2 rings (SSSR count). The van der Waals surface area contributed by atoms with Gasteiger partial charge in [0.15, 0.2) is 10.1 Å². The third-order valence-electron chi connectivity index (χ3n) is 2.35. The molecule has 7 heteroatoms. The van der Waals surface area contributed by atoms with Gasteiger partial charge in [-0.15, -0.1) is 11.3 Å². The van der Waals surface area contributed by atoms with Crippen molar-refractivity contribution in [3.8, 4) is 0 Å². The molecule has 19 heavy (non-hydrogen) atoms. The number of benzene rings is 1. The summed E-state index contributed by atoms with van der Waals surface area (Å²) in [6, 6.07) is 4.54. The van der Waals surface area contributed by atoms with Gasteiger partial charge in [-0.1, -0.05) is 11.8 Å². The molecule has 0 radical (unpaired) electrons. The lowest BCUT2D eigenvalue weighted by Gasteiger charge is -2.02. The van der Waals surface area contributed by atoms with Crippen LogP contribution in [0.25, 0.3) is 0 Å². The maximum Gasteiger partial charge on any atom is 0.280 e. The number of aromatic nitrogens is 1. The number of nitro benzene ring substituents is 1. The number of ketones is 1. The first-order valence-electron chi connectivity index (χ1n) is 5.36. The summed E-state index contributed by atoms with van der Waals surface area (Å²) in [4.78, 5) is 26.8. The Bertz CT molecular complexity index is 652. The third-order valence-corrected chi connectivity index (χ3v) is 4.39. The quantitative estimate of drug-likeness (QED) is 0.488. The maximum atomic E-state index is 11.5. The summed E-state index contributed by atoms with van der Waals surface area (Å²) >= 11 is 2.90. The first-order valence-corrected chi connectivity index (χ1v) is 7.06. The molecule has 0 aliphatic carbocycles. The van der Waals surface area contributed by atoms with Crippen molar-refractivity contribution >= 4 is 34.6 Å². The summed E-state index contributed by atoms with van der Waals surface area (Å²) in [5.41, 5.74) is 0.900. The van der Waals surface area contributed by atoms with Gasteiger partial charge in [0.1, 0.15) is 0 Å². The van der Waals surface area contributed by atoms with Gasteiger partial charge < -0.3 is 0 Å². The normalized spacial score (nSPS) is 10.4. The van der Waals surface area contributed by atoms with E-state index in [1.165, 1.54) is 36.1 Å². The highest BCUT2D eigenvalue weighted by atomic mass is 32.2. The fourth-order valence-electron chi connectivity index (χ4n) is 1.50. The number of thiazole rings is 1. The molecule has 0 spiro atoms. The number of carbonyl (C=O) groups excluding carboxylic acids is 1. The molecule has 1 heterocycles. The van der Waals surface area contributed by atoms with Gasteiger partial charge in [-0.25, -0.2) is 4.98 Å². The summed E-state index contributed by atoms with van der Waals surface area (Å²) in [6.07, 6.45) is 0. The molecule has 0 N–H and O–H groups in total. The monoisotopic (exact) mass is 294 g/mol. The zero-order chi connectivity index (χ0) is 14.0. The molecule has 98 valence electrons. The van der Waals surface area contributed by atoms with Crippen LogP contribution in [0.4, 0.5) is 5.69 Å². The van der Waals surface area contributed by atoms with Crippen molar-refractivity contribution in [1.29, 1.82) is 0 Å². The fraction of sp³-hybridized carbons (Fsp3) is 0.167. The minimum absolute atomic E-state index is 0.128. The van der Waals surface area contributed by atoms with Crippen LogP contribution >= 0.6 is 23.1 Å². The van der Waals surface area contributed by atoms with E-state index in [0.717, 1.165) is 14.9 Å². The topological polar surface area (TPSA) is 73.1 Å². The molecular weight excluding hydrogens is 284 g/mol. The number of hydrogen-bond acceptors (Lipinski definition) is 6. The van der Waals surface area contributed by atoms with Gasteiger partial charge in [-0.2, -0.15) is 0 Å². The Morgan fingerprint density at radius 2 is 2.21 bits per heavy atom. The van der Waals surface area contributed by atoms with Crippen molar-refractivity contribution in [2.45, 2.75) is 23.1 Å². The lowest BCUT2D eigenvalue weighted by atomic mass is 10.1. The summed E-state index contributed by atoms with van der Waals surface area (Å²) < 4.78 is 0.848. The average molecular weight is 294 g/mol. The number of nitro groups is 1. The second kappa shape index (κ2) is 5.50. The Morgan fingerprint density at radius 3 is 2.74 bits per heavy atom. The second-order valence-corrected chi connectivity index (χ2v) is 6.03. The molecule has 0 aliphatic heterocycles. The van der Waals surface area contributed by atoms with Crippen molar-refractivity contribution in [2.75, 3.05) is 0 Å². The molecule has 1 aromatic heterocycles. The van der Waals surface area contributed by atoms with Gasteiger partial charge in [-0.05, 0) is 26.0 Å². The van der Waals surface area contributed by atoms with Crippen LogP contribution in [0, 0.1) is 17.0 Å². The van der Waals surface area contributed by atoms with Gasteiger partial charge in [0, 0.05) is 22.0 Å². The Kier molecular flexibility index (Phi) is 3.96. The Hall–Kier alpha value is -1.73. The zero-order valence-corrected chi connectivity index (χ0v) is 11.9. The van der Waals surface area contributed by atoms with Crippen LogP contribution in [0.3, 0.4) is 0 Å². The number of carbonyl (C=O) groups is 1. The molecule has 0 saturated carbocycles. The Labute approximate surface area is 117 Å². The van der Waals surface area contributed by atoms with E-state index in [1.807, 2.05) is 12.3 Å². The van der Waals surface area contributed by atoms with Crippen molar-refractivity contribution in [3.05, 3.63) is 45.0 Å². The van der Waals surface area contributed by atoms with E-state index in [1.54, 1.807) is 12.1 Å². The van der Waals surface area contributed by atoms with Crippen LogP contribution in [-0.4, -0.2) is 15.7 Å². The molecular formula is C12H10N2O3S2. The first-order chi connectivity index (χ1) is 8.97. The molecule has 0 saturated heterocycles. The van der Waals surface area contributed by atoms with Crippen LogP contribution in [0.1, 0.15) is 23.0 Å². The summed E-state index contributed by atoms with van der Waals surface area (Å²) in [7, 11) is 0. The molecule has 1 aromatic carbocycles. The largest absolute Gasteiger partial charge is 0.294 e. The second-order valence-electron chi connectivity index (χ2n) is 3.85. The van der Waals surface area contributed by atoms with Crippen molar-refractivity contribution in [1.82, 2.24) is 4.98 Å². The predicted octanol–water partition coefficient (Wildman–Crippen LogP) is 3.71. The first kappa shape index (κ1) is 13.7. The van der Waals surface area contributed by atoms with Crippen LogP contribution in [0.5, 0.6) is 0 Å². The molecule has 5 nitrogen and oxygen atoms in total. The zero-order valence-electron chi connectivity index (χ0n) is 10.2. The smallest absolute Gasteiger partial charge is 0.280 e. The van der Waals surface area contributed by atoms with Gasteiger partial charge in [0.2, 0.25) is 0 Å². The maximum absolute atomic E-state index is 11.5. The highest BCUT2D eigenvalue weighted by Crippen LogP contribution is 2.33. The van der Waals surface area contributed by atoms with Crippen molar-refractivity contribution < 1.29 is 9.72 Å². The SMILES string of the molecule is CC(=O)c1cc(Sc2nc(C)cs2)ccc1[N+](=O)[O-]. The van der Waals surface area contributed by atoms with E-state index in [2.05, 4.69) is 4.98 Å². The lowest BCUT2D eigenvalue weighted by molar-refractivity contribution is -0.385. The molecule has 0 atom stereocenters. The van der Waals surface area contributed by atoms with Crippen molar-refractivity contribution in [2.24, 2.45) is 0 Å². The van der Waals surface area contributed by atoms with Crippen LogP contribution in [0.2, 0.25) is 0 Å². The van der Waals surface area contributed by atoms with E-state index in [4.69, 9.17) is 0 Å². The summed E-state index contributed by atoms with van der Waals surface area (Å²) in [5, 5.41) is 12.8. The van der Waals surface area contributed by atoms with E-state index >= 15 is 0 Å². The summed E-state index contributed by atoms with van der Waals surface area (Å²) in [5.74, 6) is -0.315. The van der Waals surface area contributed by atoms with Crippen LogP contribution < -0.4 is 0 Å². The van der Waals surface area contributed by atoms with Gasteiger partial charge in [0.05, 0.1) is 10.5 Å². The minimum atomic E-state index is -0.543. The van der Waals surface area contributed by atoms with E-state index < -0.39 is 4.92 Å². The highest BCUT2D eigenvalue weighted by Gasteiger charge is 2.18. The Balaban J connectivity index is 2.35. The highest BCUT2D eigenvalue weighted by molar-refractivity contribution is 8.01. The predicted molar refractivity (Wildman–Crippen MR) is 74.1 cm³/mol. The molecule has 2 aromatic rings. The number of rotatable bonds is 4. The molecule has 0 bridgehead atoms. The number of hydrogen-bond donors (Lipinski definition) is 0. The number of nitrogens with zero attached hydrogens (tertiary/aromatic N) is 2. The standard InChI is InChI=1S/C12H10N2O3S2/c1-7-6-18-12(13-7)19-9-3-4-11(14(16)17)10(5-9)8(2)15/h3-6H,1-2H3. The van der Waals surface area contributed by atoms with E-state index in [-0.39, 0.29) is 17.0 Å². The molecule has 0 amide bonds. The van der Waals surface area contributed by atoms with Gasteiger partial charge >= 0.3 is 0 Å². The van der Waals surface area contributed by atoms with Crippen LogP contribution in [-0.2, 0) is 0 Å². The van der Waals surface area contributed by atoms with Gasteiger partial charge in [-0.3, -0.25) is 14.9 Å². The molecule has 0 unspecified atom stereocenters. The number of Topliss-reactive ketones (excluding diaryl/α,β-unsaturated/α-hetero) is 1. The summed E-state index contributed by atoms with van der Waals surface area (Å²) in [6.45, 7) is 3.22. The minimum Gasteiger partial charge on any atom is -0.294 e. The van der Waals surface area contributed by atoms with Crippen molar-refractivity contribution in [3.63, 3.8) is 0 Å². The average Bonchev–Trinajstić information content (AvgIpc) is 2.74. The molecule has 0 fully saturated rings. The van der Waals surface area contributed by atoms with Crippen LogP contribution in [0.15, 0.2) is 32.8 Å². The lowest BCUT2D eigenvalue weighted by Crippen LogP contribution is -2.00. The molecule has 0 aliphatic rings. The van der Waals surface area contributed by atoms with E-state index in [0.29, 0.717) is 0 Å². The third kappa shape index (κ3) is 3.18. The van der Waals surface area contributed by atoms with E-state index in [9.17, 15) is 14.9 Å². The Morgan fingerprint density at radius 1 is 1.47 bits per heavy atom. The van der Waals surface area contributed by atoms with Gasteiger partial charge in [0.25, 0.3) is 5.69 Å².